The molecule has 0 N–H and O–H groups in total. The quantitative estimate of drug-likeness (QED) is 0.575. The molecule has 0 saturated heterocycles. The minimum atomic E-state index is -0.0528. The van der Waals surface area contributed by atoms with Gasteiger partial charge in [-0.25, -0.2) is 4.79 Å². The molecule has 1 aliphatic rings. The Labute approximate surface area is 170 Å². The highest BCUT2D eigenvalue weighted by molar-refractivity contribution is 5.78. The number of imidazole rings is 1. The van der Waals surface area contributed by atoms with Crippen molar-refractivity contribution in [3.05, 3.63) is 82.8 Å². The molecular weight excluding hydrogens is 362 g/mol. The maximum Gasteiger partial charge on any atom is 0.329 e. The lowest BCUT2D eigenvalue weighted by molar-refractivity contribution is -0.133. The number of fused-ring (bicyclic) bond motifs is 2. The summed E-state index contributed by atoms with van der Waals surface area (Å²) in [5, 5.41) is 0. The molecule has 0 fully saturated rings. The van der Waals surface area contributed by atoms with Crippen molar-refractivity contribution in [3.8, 4) is 0 Å². The van der Waals surface area contributed by atoms with Gasteiger partial charge in [0, 0.05) is 26.1 Å². The average Bonchev–Trinajstić information content (AvgIpc) is 3.28. The fraction of sp³-hybridized carbons (Fsp3) is 0.333. The average molecular weight is 389 g/mol. The van der Waals surface area contributed by atoms with Crippen LogP contribution in [0.3, 0.4) is 0 Å². The molecule has 1 amide bonds. The van der Waals surface area contributed by atoms with Gasteiger partial charge >= 0.3 is 5.69 Å². The second kappa shape index (κ2) is 8.11. The zero-order chi connectivity index (χ0) is 20.4. The van der Waals surface area contributed by atoms with Crippen LogP contribution in [0, 0.1) is 0 Å². The van der Waals surface area contributed by atoms with Crippen LogP contribution in [0.2, 0.25) is 0 Å². The number of aromatic nitrogens is 2. The molecular formula is C24H27N3O2. The minimum Gasteiger partial charge on any atom is -0.332 e. The number of aryl methyl sites for hydroxylation is 3. The van der Waals surface area contributed by atoms with Gasteiger partial charge in [-0.3, -0.25) is 13.9 Å². The predicted molar refractivity (Wildman–Crippen MR) is 116 cm³/mol. The molecule has 1 aromatic heterocycles. The third-order valence-corrected chi connectivity index (χ3v) is 5.91. The molecule has 150 valence electrons. The van der Waals surface area contributed by atoms with Crippen molar-refractivity contribution >= 4 is 16.9 Å². The number of amides is 1. The summed E-state index contributed by atoms with van der Waals surface area (Å²) in [6.45, 7) is 7.32. The zero-order valence-corrected chi connectivity index (χ0v) is 16.9. The smallest absolute Gasteiger partial charge is 0.329 e. The molecule has 1 atom stereocenters. The van der Waals surface area contributed by atoms with E-state index in [0.29, 0.717) is 26.1 Å². The molecule has 0 bridgehead atoms. The largest absolute Gasteiger partial charge is 0.332 e. The van der Waals surface area contributed by atoms with E-state index in [0.717, 1.165) is 23.9 Å². The highest BCUT2D eigenvalue weighted by atomic mass is 16.2. The van der Waals surface area contributed by atoms with Crippen LogP contribution in [0.15, 0.2) is 66.0 Å². The van der Waals surface area contributed by atoms with E-state index in [9.17, 15) is 9.59 Å². The van der Waals surface area contributed by atoms with Gasteiger partial charge in [0.15, 0.2) is 0 Å². The van der Waals surface area contributed by atoms with Crippen molar-refractivity contribution in [1.29, 1.82) is 0 Å². The molecule has 5 nitrogen and oxygen atoms in total. The van der Waals surface area contributed by atoms with Crippen molar-refractivity contribution in [3.63, 3.8) is 0 Å². The van der Waals surface area contributed by atoms with Gasteiger partial charge in [-0.2, -0.15) is 0 Å². The Kier molecular flexibility index (Phi) is 5.38. The zero-order valence-electron chi connectivity index (χ0n) is 16.9. The van der Waals surface area contributed by atoms with Crippen LogP contribution in [0.1, 0.15) is 36.9 Å². The van der Waals surface area contributed by atoms with Gasteiger partial charge in [0.2, 0.25) is 5.91 Å². The van der Waals surface area contributed by atoms with Gasteiger partial charge in [0.1, 0.15) is 0 Å². The van der Waals surface area contributed by atoms with E-state index in [1.54, 1.807) is 15.2 Å². The molecule has 3 aromatic rings. The van der Waals surface area contributed by atoms with E-state index in [1.165, 1.54) is 11.1 Å². The summed E-state index contributed by atoms with van der Waals surface area (Å²) < 4.78 is 3.49. The van der Waals surface area contributed by atoms with Crippen LogP contribution in [-0.4, -0.2) is 26.5 Å². The number of hydrogen-bond donors (Lipinski definition) is 0. The summed E-state index contributed by atoms with van der Waals surface area (Å²) in [4.78, 5) is 27.9. The number of carbonyl (C=O) groups excluding carboxylic acids is 1. The summed E-state index contributed by atoms with van der Waals surface area (Å²) in [5.41, 5.74) is 4.31. The van der Waals surface area contributed by atoms with Crippen molar-refractivity contribution in [2.75, 3.05) is 6.54 Å². The standard InChI is InChI=1S/C24H27N3O2/c1-3-16-26(20-14-13-18-9-5-6-10-19(18)20)23(28)15-17-27-22-12-8-7-11-21(22)25(4-2)24(27)29/h3,5-12,20H,1,4,13-17H2,2H3/t20-/m0/s1. The molecule has 2 aromatic carbocycles. The van der Waals surface area contributed by atoms with Gasteiger partial charge in [0.05, 0.1) is 17.1 Å². The summed E-state index contributed by atoms with van der Waals surface area (Å²) in [6.07, 6.45) is 4.01. The summed E-state index contributed by atoms with van der Waals surface area (Å²) in [6, 6.07) is 16.2. The molecule has 0 unspecified atom stereocenters. The second-order valence-corrected chi connectivity index (χ2v) is 7.51. The first-order chi connectivity index (χ1) is 14.2. The number of rotatable bonds is 7. The highest BCUT2D eigenvalue weighted by Gasteiger charge is 2.30. The van der Waals surface area contributed by atoms with E-state index >= 15 is 0 Å². The maximum atomic E-state index is 13.2. The molecule has 5 heteroatoms. The van der Waals surface area contributed by atoms with Crippen LogP contribution >= 0.6 is 0 Å². The van der Waals surface area contributed by atoms with Crippen molar-refractivity contribution < 1.29 is 4.79 Å². The Morgan fingerprint density at radius 1 is 1.14 bits per heavy atom. The van der Waals surface area contributed by atoms with Crippen LogP contribution in [-0.2, 0) is 24.3 Å². The molecule has 0 spiro atoms. The topological polar surface area (TPSA) is 47.2 Å². The Hall–Kier alpha value is -3.08. The number of para-hydroxylation sites is 2. The summed E-state index contributed by atoms with van der Waals surface area (Å²) in [5.74, 6) is 0.0619. The van der Waals surface area contributed by atoms with E-state index in [2.05, 4.69) is 24.8 Å². The lowest BCUT2D eigenvalue weighted by atomic mass is 10.1. The number of hydrogen-bond acceptors (Lipinski definition) is 2. The molecule has 0 radical (unpaired) electrons. The lowest BCUT2D eigenvalue weighted by Crippen LogP contribution is -2.35. The number of benzene rings is 2. The first kappa shape index (κ1) is 19.2. The predicted octanol–water partition coefficient (Wildman–Crippen LogP) is 3.92. The molecule has 0 saturated carbocycles. The Balaban J connectivity index is 1.57. The van der Waals surface area contributed by atoms with Gasteiger partial charge < -0.3 is 4.90 Å². The van der Waals surface area contributed by atoms with E-state index in [-0.39, 0.29) is 17.6 Å². The van der Waals surface area contributed by atoms with Gasteiger partial charge in [0.25, 0.3) is 0 Å². The molecule has 1 aliphatic carbocycles. The molecule has 29 heavy (non-hydrogen) atoms. The van der Waals surface area contributed by atoms with E-state index < -0.39 is 0 Å². The van der Waals surface area contributed by atoms with Crippen LogP contribution in [0.4, 0.5) is 0 Å². The summed E-state index contributed by atoms with van der Waals surface area (Å²) in [7, 11) is 0. The van der Waals surface area contributed by atoms with Gasteiger partial charge in [-0.1, -0.05) is 42.5 Å². The first-order valence-corrected chi connectivity index (χ1v) is 10.3. The summed E-state index contributed by atoms with van der Waals surface area (Å²) >= 11 is 0. The van der Waals surface area contributed by atoms with Crippen molar-refractivity contribution in [2.24, 2.45) is 0 Å². The lowest BCUT2D eigenvalue weighted by Gasteiger charge is -2.29. The van der Waals surface area contributed by atoms with Crippen molar-refractivity contribution in [2.45, 2.75) is 45.3 Å². The molecule has 1 heterocycles. The molecule has 0 aliphatic heterocycles. The monoisotopic (exact) mass is 389 g/mol. The highest BCUT2D eigenvalue weighted by Crippen LogP contribution is 2.35. The van der Waals surface area contributed by atoms with Crippen LogP contribution in [0.25, 0.3) is 11.0 Å². The Bertz CT molecular complexity index is 1110. The fourth-order valence-electron chi connectivity index (χ4n) is 4.55. The minimum absolute atomic E-state index is 0.0528. The molecule has 4 rings (SSSR count). The van der Waals surface area contributed by atoms with Crippen LogP contribution < -0.4 is 5.69 Å². The van der Waals surface area contributed by atoms with E-state index in [4.69, 9.17) is 0 Å². The second-order valence-electron chi connectivity index (χ2n) is 7.51. The third kappa shape index (κ3) is 3.41. The third-order valence-electron chi connectivity index (χ3n) is 5.91. The Morgan fingerprint density at radius 3 is 2.55 bits per heavy atom. The SMILES string of the molecule is C=CCN(C(=O)CCn1c(=O)n(CC)c2ccccc21)[C@H]1CCc2ccccc21. The van der Waals surface area contributed by atoms with E-state index in [1.807, 2.05) is 42.2 Å². The Morgan fingerprint density at radius 2 is 1.83 bits per heavy atom. The maximum absolute atomic E-state index is 13.2. The normalized spacial score (nSPS) is 15.4. The van der Waals surface area contributed by atoms with Crippen molar-refractivity contribution in [1.82, 2.24) is 14.0 Å². The van der Waals surface area contributed by atoms with Gasteiger partial charge in [-0.15, -0.1) is 6.58 Å². The fourth-order valence-corrected chi connectivity index (χ4v) is 4.55. The number of nitrogens with zero attached hydrogens (tertiary/aromatic N) is 3. The first-order valence-electron chi connectivity index (χ1n) is 10.3. The number of carbonyl (C=O) groups is 1. The van der Waals surface area contributed by atoms with Crippen LogP contribution in [0.5, 0.6) is 0 Å². The van der Waals surface area contributed by atoms with Gasteiger partial charge in [-0.05, 0) is 43.0 Å².